The van der Waals surface area contributed by atoms with Gasteiger partial charge in [0.1, 0.15) is 0 Å². The van der Waals surface area contributed by atoms with Crippen LogP contribution in [-0.4, -0.2) is 22.5 Å². The molecule has 3 heterocycles. The molecule has 2 aliphatic heterocycles. The van der Waals surface area contributed by atoms with Crippen LogP contribution in [0.1, 0.15) is 16.1 Å². The number of aromatic nitrogens is 2. The van der Waals surface area contributed by atoms with E-state index in [2.05, 4.69) is 10.4 Å². The van der Waals surface area contributed by atoms with Crippen LogP contribution in [0.25, 0.3) is 16.9 Å². The number of nitrogen functional groups attached to an aromatic ring is 1. The second-order valence-electron chi connectivity index (χ2n) is 6.15. The van der Waals surface area contributed by atoms with Gasteiger partial charge in [-0.1, -0.05) is 0 Å². The molecule has 1 aromatic heterocycles. The van der Waals surface area contributed by atoms with Crippen molar-refractivity contribution in [2.45, 2.75) is 6.54 Å². The predicted octanol–water partition coefficient (Wildman–Crippen LogP) is 1.87. The second kappa shape index (κ2) is 5.16. The van der Waals surface area contributed by atoms with Gasteiger partial charge in [0, 0.05) is 35.1 Å². The number of hydrogen-bond donors (Lipinski definition) is 3. The summed E-state index contributed by atoms with van der Waals surface area (Å²) >= 11 is 0. The molecule has 8 nitrogen and oxygen atoms in total. The first-order valence-corrected chi connectivity index (χ1v) is 8.07. The number of hydrogen-bond acceptors (Lipinski definition) is 6. The number of rotatable bonds is 2. The van der Waals surface area contributed by atoms with E-state index in [0.29, 0.717) is 23.7 Å². The fourth-order valence-electron chi connectivity index (χ4n) is 3.39. The molecule has 0 fully saturated rings. The first-order chi connectivity index (χ1) is 12.6. The van der Waals surface area contributed by atoms with Crippen LogP contribution in [0.3, 0.4) is 0 Å². The van der Waals surface area contributed by atoms with Gasteiger partial charge in [-0.3, -0.25) is 4.79 Å². The highest BCUT2D eigenvalue weighted by Gasteiger charge is 2.28. The fraction of sp³-hybridized carbons (Fsp3) is 0.111. The van der Waals surface area contributed by atoms with Crippen molar-refractivity contribution in [2.24, 2.45) is 5.73 Å². The molecule has 3 aromatic rings. The molecular formula is C18H15N5O3. The molecule has 0 bridgehead atoms. The highest BCUT2D eigenvalue weighted by molar-refractivity contribution is 5.97. The summed E-state index contributed by atoms with van der Waals surface area (Å²) in [4.78, 5) is 11.9. The van der Waals surface area contributed by atoms with Gasteiger partial charge >= 0.3 is 0 Å². The summed E-state index contributed by atoms with van der Waals surface area (Å²) < 4.78 is 12.5. The molecular weight excluding hydrogens is 334 g/mol. The lowest BCUT2D eigenvalue weighted by Crippen LogP contribution is -2.16. The van der Waals surface area contributed by atoms with Crippen molar-refractivity contribution in [1.82, 2.24) is 9.78 Å². The molecule has 0 spiro atoms. The number of anilines is 2. The van der Waals surface area contributed by atoms with Crippen LogP contribution < -0.4 is 26.3 Å². The average molecular weight is 349 g/mol. The van der Waals surface area contributed by atoms with Gasteiger partial charge < -0.3 is 26.3 Å². The summed E-state index contributed by atoms with van der Waals surface area (Å²) in [5, 5.41) is 7.77. The number of benzene rings is 2. The number of ether oxygens (including phenoxy) is 2. The van der Waals surface area contributed by atoms with E-state index in [0.717, 1.165) is 28.2 Å². The maximum Gasteiger partial charge on any atom is 0.269 e. The van der Waals surface area contributed by atoms with Crippen LogP contribution in [0.15, 0.2) is 36.4 Å². The molecule has 1 amide bonds. The van der Waals surface area contributed by atoms with Gasteiger partial charge in [0.05, 0.1) is 11.4 Å². The maximum absolute atomic E-state index is 11.9. The van der Waals surface area contributed by atoms with Crippen molar-refractivity contribution in [3.05, 3.63) is 47.7 Å². The van der Waals surface area contributed by atoms with E-state index in [-0.39, 0.29) is 12.5 Å². The zero-order chi connectivity index (χ0) is 17.8. The number of nitrogens with two attached hydrogens (primary N) is 2. The highest BCUT2D eigenvalue weighted by atomic mass is 16.7. The number of carbonyl (C=O) groups is 1. The fourth-order valence-corrected chi connectivity index (χ4v) is 3.39. The largest absolute Gasteiger partial charge is 0.454 e. The normalized spacial score (nSPS) is 13.7. The molecule has 8 heteroatoms. The standard InChI is InChI=1S/C18H15N5O3/c19-9-1-3-13-11(5-9)17-12(7-21-13)16(18(20)24)22-23(17)10-2-4-14-15(6-10)26-8-25-14/h1-6,21H,7-8,19H2,(H2,20,24). The Morgan fingerprint density at radius 2 is 2.00 bits per heavy atom. The van der Waals surface area contributed by atoms with Crippen LogP contribution in [-0.2, 0) is 6.54 Å². The third-order valence-corrected chi connectivity index (χ3v) is 4.57. The van der Waals surface area contributed by atoms with E-state index < -0.39 is 5.91 Å². The van der Waals surface area contributed by atoms with Crippen LogP contribution in [0.4, 0.5) is 11.4 Å². The van der Waals surface area contributed by atoms with E-state index in [1.807, 2.05) is 36.4 Å². The van der Waals surface area contributed by atoms with Gasteiger partial charge in [-0.2, -0.15) is 5.10 Å². The molecule has 130 valence electrons. The van der Waals surface area contributed by atoms with Gasteiger partial charge in [-0.05, 0) is 30.3 Å². The smallest absolute Gasteiger partial charge is 0.269 e. The number of primary amides is 1. The van der Waals surface area contributed by atoms with Crippen molar-refractivity contribution in [1.29, 1.82) is 0 Å². The molecule has 5 rings (SSSR count). The first-order valence-electron chi connectivity index (χ1n) is 8.07. The molecule has 0 saturated heterocycles. The van der Waals surface area contributed by atoms with Gasteiger partial charge in [0.2, 0.25) is 6.79 Å². The lowest BCUT2D eigenvalue weighted by molar-refractivity contribution is 0.0994. The van der Waals surface area contributed by atoms with E-state index in [4.69, 9.17) is 20.9 Å². The van der Waals surface area contributed by atoms with Crippen molar-refractivity contribution >= 4 is 17.3 Å². The Morgan fingerprint density at radius 3 is 2.85 bits per heavy atom. The van der Waals surface area contributed by atoms with Crippen LogP contribution in [0.5, 0.6) is 11.5 Å². The molecule has 0 unspecified atom stereocenters. The van der Waals surface area contributed by atoms with Crippen LogP contribution in [0, 0.1) is 0 Å². The molecule has 0 atom stereocenters. The third kappa shape index (κ3) is 2.02. The first kappa shape index (κ1) is 14.6. The summed E-state index contributed by atoms with van der Waals surface area (Å²) in [5.41, 5.74) is 16.5. The highest BCUT2D eigenvalue weighted by Crippen LogP contribution is 2.41. The Labute approximate surface area is 148 Å². The summed E-state index contributed by atoms with van der Waals surface area (Å²) in [6.07, 6.45) is 0. The Hall–Kier alpha value is -3.68. The number of amides is 1. The maximum atomic E-state index is 11.9. The van der Waals surface area contributed by atoms with Crippen molar-refractivity contribution in [2.75, 3.05) is 17.8 Å². The third-order valence-electron chi connectivity index (χ3n) is 4.57. The molecule has 5 N–H and O–H groups in total. The lowest BCUT2D eigenvalue weighted by atomic mass is 9.98. The predicted molar refractivity (Wildman–Crippen MR) is 95.4 cm³/mol. The molecule has 0 saturated carbocycles. The minimum Gasteiger partial charge on any atom is -0.454 e. The minimum atomic E-state index is -0.574. The lowest BCUT2D eigenvalue weighted by Gasteiger charge is -2.21. The minimum absolute atomic E-state index is 0.186. The van der Waals surface area contributed by atoms with Crippen LogP contribution >= 0.6 is 0 Å². The van der Waals surface area contributed by atoms with E-state index in [1.165, 1.54) is 0 Å². The van der Waals surface area contributed by atoms with Gasteiger partial charge in [-0.25, -0.2) is 4.68 Å². The van der Waals surface area contributed by atoms with E-state index in [1.54, 1.807) is 4.68 Å². The molecule has 0 aliphatic carbocycles. The quantitative estimate of drug-likeness (QED) is 0.608. The van der Waals surface area contributed by atoms with Gasteiger partial charge in [0.15, 0.2) is 17.2 Å². The Morgan fingerprint density at radius 1 is 1.15 bits per heavy atom. The number of nitrogens with zero attached hydrogens (tertiary/aromatic N) is 2. The summed E-state index contributed by atoms with van der Waals surface area (Å²) in [6.45, 7) is 0.640. The molecule has 0 radical (unpaired) electrons. The van der Waals surface area contributed by atoms with E-state index in [9.17, 15) is 4.79 Å². The molecule has 2 aliphatic rings. The van der Waals surface area contributed by atoms with Crippen molar-refractivity contribution < 1.29 is 14.3 Å². The zero-order valence-corrected chi connectivity index (χ0v) is 13.7. The van der Waals surface area contributed by atoms with Crippen molar-refractivity contribution in [3.8, 4) is 28.4 Å². The van der Waals surface area contributed by atoms with E-state index >= 15 is 0 Å². The van der Waals surface area contributed by atoms with Gasteiger partial charge in [-0.15, -0.1) is 0 Å². The summed E-state index contributed by atoms with van der Waals surface area (Å²) in [7, 11) is 0. The monoisotopic (exact) mass is 349 g/mol. The van der Waals surface area contributed by atoms with Gasteiger partial charge in [0.25, 0.3) is 5.91 Å². The SMILES string of the molecule is NC(=O)c1nn(-c2ccc3c(c2)OCO3)c2c1CNc1ccc(N)cc1-2. The van der Waals surface area contributed by atoms with Crippen molar-refractivity contribution in [3.63, 3.8) is 0 Å². The average Bonchev–Trinajstić information content (AvgIpc) is 3.25. The molecule has 26 heavy (non-hydrogen) atoms. The summed E-state index contributed by atoms with van der Waals surface area (Å²) in [6, 6.07) is 11.1. The number of fused-ring (bicyclic) bond motifs is 4. The Balaban J connectivity index is 1.78. The molecule has 2 aromatic carbocycles. The summed E-state index contributed by atoms with van der Waals surface area (Å²) in [5.74, 6) is 0.736. The van der Waals surface area contributed by atoms with Crippen LogP contribution in [0.2, 0.25) is 0 Å². The second-order valence-corrected chi connectivity index (χ2v) is 6.15. The topological polar surface area (TPSA) is 117 Å². The number of nitrogens with one attached hydrogen (secondary N) is 1. The zero-order valence-electron chi connectivity index (χ0n) is 13.7. The Kier molecular flexibility index (Phi) is 2.90. The number of carbonyl (C=O) groups excluding carboxylic acids is 1. The Bertz CT molecular complexity index is 1070.